The van der Waals surface area contributed by atoms with Crippen LogP contribution in [0.4, 0.5) is 0 Å². The molecular formula is C9H14NaO3. The van der Waals surface area contributed by atoms with Gasteiger partial charge in [0.25, 0.3) is 0 Å². The molecule has 1 saturated heterocycles. The number of carboxylic acids is 1. The Hall–Kier alpha value is 0.430. The molecule has 1 atom stereocenters. The van der Waals surface area contributed by atoms with E-state index in [0.29, 0.717) is 0 Å². The summed E-state index contributed by atoms with van der Waals surface area (Å²) in [4.78, 5) is 10.8. The zero-order valence-electron chi connectivity index (χ0n) is 8.30. The van der Waals surface area contributed by atoms with Crippen molar-refractivity contribution < 1.29 is 14.6 Å². The van der Waals surface area contributed by atoms with E-state index in [1.807, 2.05) is 0 Å². The molecular weight excluding hydrogens is 179 g/mol. The third-order valence-corrected chi connectivity index (χ3v) is 3.30. The molecule has 1 spiro atoms. The van der Waals surface area contributed by atoms with Crippen LogP contribution in [0.25, 0.3) is 0 Å². The fourth-order valence-corrected chi connectivity index (χ4v) is 2.31. The molecule has 3 nitrogen and oxygen atoms in total. The van der Waals surface area contributed by atoms with E-state index in [4.69, 9.17) is 9.84 Å². The van der Waals surface area contributed by atoms with Crippen molar-refractivity contribution in [2.24, 2.45) is 0 Å². The molecule has 0 aromatic heterocycles. The third-order valence-electron chi connectivity index (χ3n) is 3.30. The Kier molecular flexibility index (Phi) is 3.13. The molecule has 2 fully saturated rings. The number of carboxylic acid groups (broad SMARTS) is 1. The van der Waals surface area contributed by atoms with Crippen LogP contribution in [-0.4, -0.2) is 51.8 Å². The minimum atomic E-state index is -0.868. The van der Waals surface area contributed by atoms with Gasteiger partial charge in [0.15, 0.2) is 5.60 Å². The monoisotopic (exact) mass is 193 g/mol. The average Bonchev–Trinajstić information content (AvgIpc) is 2.59. The first kappa shape index (κ1) is 11.5. The van der Waals surface area contributed by atoms with Crippen molar-refractivity contribution in [1.82, 2.24) is 0 Å². The molecule has 1 N–H and O–H groups in total. The zero-order chi connectivity index (χ0) is 8.82. The average molecular weight is 193 g/mol. The zero-order valence-corrected chi connectivity index (χ0v) is 10.3. The maximum atomic E-state index is 10.8. The summed E-state index contributed by atoms with van der Waals surface area (Å²) in [5.74, 6) is -0.801. The number of hydrogen-bond acceptors (Lipinski definition) is 2. The van der Waals surface area contributed by atoms with Gasteiger partial charge in [0.1, 0.15) is 5.60 Å². The quantitative estimate of drug-likeness (QED) is 0.502. The van der Waals surface area contributed by atoms with Crippen molar-refractivity contribution in [2.45, 2.75) is 50.2 Å². The molecule has 2 aliphatic rings. The number of rotatable bonds is 1. The van der Waals surface area contributed by atoms with Crippen LogP contribution >= 0.6 is 0 Å². The second-order valence-corrected chi connectivity index (χ2v) is 4.00. The summed E-state index contributed by atoms with van der Waals surface area (Å²) in [6.07, 6.45) is 5.30. The standard InChI is InChI=1S/C9H14O3.Na/c1-8(7(10)11)9(12-8)5-3-2-4-6-9;/h2-6H2,1H3,(H,10,11);. The van der Waals surface area contributed by atoms with E-state index < -0.39 is 11.6 Å². The van der Waals surface area contributed by atoms with Gasteiger partial charge in [-0.15, -0.1) is 0 Å². The number of aliphatic carboxylic acids is 1. The fourth-order valence-electron chi connectivity index (χ4n) is 2.31. The van der Waals surface area contributed by atoms with Gasteiger partial charge in [-0.25, -0.2) is 4.79 Å². The SMILES string of the molecule is CC1(C(=O)O)OC12CCCCC2.[Na]. The maximum absolute atomic E-state index is 10.8. The van der Waals surface area contributed by atoms with Crippen LogP contribution in [0.15, 0.2) is 0 Å². The van der Waals surface area contributed by atoms with Crippen molar-refractivity contribution >= 4 is 35.5 Å². The molecule has 1 saturated carbocycles. The summed E-state index contributed by atoms with van der Waals surface area (Å²) in [5.41, 5.74) is -1.16. The van der Waals surface area contributed by atoms with Crippen molar-refractivity contribution in [1.29, 1.82) is 0 Å². The summed E-state index contributed by atoms with van der Waals surface area (Å²) in [6.45, 7) is 1.70. The molecule has 13 heavy (non-hydrogen) atoms. The topological polar surface area (TPSA) is 49.8 Å². The Morgan fingerprint density at radius 2 is 1.85 bits per heavy atom. The Morgan fingerprint density at radius 3 is 2.23 bits per heavy atom. The van der Waals surface area contributed by atoms with Crippen LogP contribution in [0.1, 0.15) is 39.0 Å². The smallest absolute Gasteiger partial charge is 0.338 e. The van der Waals surface area contributed by atoms with Gasteiger partial charge in [-0.2, -0.15) is 0 Å². The summed E-state index contributed by atoms with van der Waals surface area (Å²) >= 11 is 0. The summed E-state index contributed by atoms with van der Waals surface area (Å²) in [7, 11) is 0. The first-order chi connectivity index (χ1) is 5.61. The number of carbonyl (C=O) groups is 1. The van der Waals surface area contributed by atoms with Crippen LogP contribution in [0.2, 0.25) is 0 Å². The molecule has 1 aliphatic carbocycles. The van der Waals surface area contributed by atoms with Gasteiger partial charge in [0, 0.05) is 29.6 Å². The summed E-state index contributed by atoms with van der Waals surface area (Å²) < 4.78 is 5.39. The van der Waals surface area contributed by atoms with Crippen LogP contribution in [0.3, 0.4) is 0 Å². The van der Waals surface area contributed by atoms with Crippen molar-refractivity contribution in [2.75, 3.05) is 0 Å². The Labute approximate surface area is 100 Å². The molecule has 0 bridgehead atoms. The summed E-state index contributed by atoms with van der Waals surface area (Å²) in [5, 5.41) is 8.90. The third kappa shape index (κ3) is 1.56. The normalized spacial score (nSPS) is 35.2. The van der Waals surface area contributed by atoms with E-state index in [-0.39, 0.29) is 35.2 Å². The molecule has 0 aromatic rings. The second-order valence-electron chi connectivity index (χ2n) is 4.00. The molecule has 0 amide bonds. The van der Waals surface area contributed by atoms with Crippen LogP contribution in [0, 0.1) is 0 Å². The Bertz CT molecular complexity index is 223. The van der Waals surface area contributed by atoms with Gasteiger partial charge in [-0.1, -0.05) is 19.3 Å². The van der Waals surface area contributed by atoms with Gasteiger partial charge in [-0.3, -0.25) is 0 Å². The largest absolute Gasteiger partial charge is 0.479 e. The summed E-state index contributed by atoms with van der Waals surface area (Å²) in [6, 6.07) is 0. The number of ether oxygens (including phenoxy) is 1. The molecule has 1 radical (unpaired) electrons. The fraction of sp³-hybridized carbons (Fsp3) is 0.889. The molecule has 4 heteroatoms. The Balaban J connectivity index is 0.000000845. The van der Waals surface area contributed by atoms with Gasteiger partial charge in [-0.05, 0) is 19.8 Å². The molecule has 1 unspecified atom stereocenters. The molecule has 2 rings (SSSR count). The van der Waals surface area contributed by atoms with E-state index in [1.165, 1.54) is 6.42 Å². The van der Waals surface area contributed by atoms with Crippen molar-refractivity contribution in [3.63, 3.8) is 0 Å². The molecule has 0 aromatic carbocycles. The van der Waals surface area contributed by atoms with Gasteiger partial charge in [0.05, 0.1) is 0 Å². The van der Waals surface area contributed by atoms with Crippen molar-refractivity contribution in [3.8, 4) is 0 Å². The number of epoxide rings is 1. The van der Waals surface area contributed by atoms with Gasteiger partial charge < -0.3 is 9.84 Å². The number of hydrogen-bond donors (Lipinski definition) is 1. The van der Waals surface area contributed by atoms with E-state index >= 15 is 0 Å². The van der Waals surface area contributed by atoms with Crippen LogP contribution in [-0.2, 0) is 9.53 Å². The predicted octanol–water partition coefficient (Wildman–Crippen LogP) is 1.18. The first-order valence-electron chi connectivity index (χ1n) is 4.54. The predicted molar refractivity (Wildman–Crippen MR) is 48.7 cm³/mol. The van der Waals surface area contributed by atoms with E-state index in [0.717, 1.165) is 25.7 Å². The van der Waals surface area contributed by atoms with Crippen LogP contribution < -0.4 is 0 Å². The molecule has 1 aliphatic heterocycles. The Morgan fingerprint density at radius 1 is 1.31 bits per heavy atom. The van der Waals surface area contributed by atoms with Crippen molar-refractivity contribution in [3.05, 3.63) is 0 Å². The minimum Gasteiger partial charge on any atom is -0.479 e. The minimum absolute atomic E-state index is 0. The van der Waals surface area contributed by atoms with Gasteiger partial charge >= 0.3 is 5.97 Å². The maximum Gasteiger partial charge on any atom is 0.338 e. The van der Waals surface area contributed by atoms with Crippen LogP contribution in [0.5, 0.6) is 0 Å². The van der Waals surface area contributed by atoms with E-state index in [9.17, 15) is 4.79 Å². The van der Waals surface area contributed by atoms with Gasteiger partial charge in [0.2, 0.25) is 0 Å². The van der Waals surface area contributed by atoms with E-state index in [2.05, 4.69) is 0 Å². The first-order valence-corrected chi connectivity index (χ1v) is 4.54. The molecule has 1 heterocycles. The van der Waals surface area contributed by atoms with E-state index in [1.54, 1.807) is 6.92 Å². The molecule has 69 valence electrons. The second kappa shape index (κ2) is 3.54.